The summed E-state index contributed by atoms with van der Waals surface area (Å²) in [6.07, 6.45) is 1.10. The van der Waals surface area contributed by atoms with Gasteiger partial charge in [0, 0.05) is 35.7 Å². The van der Waals surface area contributed by atoms with E-state index in [1.54, 1.807) is 23.2 Å². The molecule has 4 rings (SSSR count). The molecule has 0 bridgehead atoms. The molecule has 4 heterocycles. The van der Waals surface area contributed by atoms with E-state index in [2.05, 4.69) is 5.32 Å². The molecule has 0 atom stereocenters. The maximum atomic E-state index is 12.6. The average molecular weight is 497 g/mol. The van der Waals surface area contributed by atoms with Crippen LogP contribution in [0, 0.1) is 0 Å². The molecule has 2 aliphatic rings. The summed E-state index contributed by atoms with van der Waals surface area (Å²) in [5.74, 6) is -1.23. The lowest BCUT2D eigenvalue weighted by Gasteiger charge is -2.27. The van der Waals surface area contributed by atoms with E-state index in [-0.39, 0.29) is 48.8 Å². The minimum Gasteiger partial charge on any atom is -0.462 e. The van der Waals surface area contributed by atoms with Gasteiger partial charge < -0.3 is 15.0 Å². The second-order valence-electron chi connectivity index (χ2n) is 7.75. The molecule has 11 heteroatoms. The number of amides is 2. The predicted molar refractivity (Wildman–Crippen MR) is 123 cm³/mol. The first-order chi connectivity index (χ1) is 15.3. The second-order valence-corrected chi connectivity index (χ2v) is 12.0. The molecule has 0 unspecified atom stereocenters. The standard InChI is InChI=1S/C21H24N2O6S3/c1-2-29-21(26)19-14-7-10-32(27,28)12-16(14)31-20(19)22-17(24)3-4-18(25)23-8-5-15-13(11-23)6-9-30-15/h6,9H,2-5,7-8,10-12H2,1H3,(H,22,24). The van der Waals surface area contributed by atoms with Crippen LogP contribution >= 0.6 is 22.7 Å². The molecular weight excluding hydrogens is 472 g/mol. The number of rotatable bonds is 6. The highest BCUT2D eigenvalue weighted by atomic mass is 32.2. The lowest BCUT2D eigenvalue weighted by Crippen LogP contribution is -2.35. The molecule has 0 aliphatic carbocycles. The van der Waals surface area contributed by atoms with Crippen molar-refractivity contribution in [2.45, 2.75) is 44.9 Å². The van der Waals surface area contributed by atoms with Crippen LogP contribution in [-0.2, 0) is 49.3 Å². The summed E-state index contributed by atoms with van der Waals surface area (Å²) in [5.41, 5.74) is 2.04. The molecule has 0 aromatic carbocycles. The van der Waals surface area contributed by atoms with Gasteiger partial charge in [0.2, 0.25) is 11.8 Å². The Morgan fingerprint density at radius 1 is 1.19 bits per heavy atom. The topological polar surface area (TPSA) is 110 Å². The number of hydrogen-bond donors (Lipinski definition) is 1. The van der Waals surface area contributed by atoms with Crippen LogP contribution in [0.2, 0.25) is 0 Å². The number of anilines is 1. The number of nitrogens with one attached hydrogen (secondary N) is 1. The SMILES string of the molecule is CCOC(=O)c1c(NC(=O)CCC(=O)N2CCc3sccc3C2)sc2c1CCS(=O)(=O)C2. The Bertz CT molecular complexity index is 1160. The molecular formula is C21H24N2O6S3. The second kappa shape index (κ2) is 9.32. The van der Waals surface area contributed by atoms with E-state index >= 15 is 0 Å². The third-order valence-corrected chi connectivity index (χ3v) is 9.47. The van der Waals surface area contributed by atoms with Gasteiger partial charge >= 0.3 is 5.97 Å². The summed E-state index contributed by atoms with van der Waals surface area (Å²) in [7, 11) is -3.22. The van der Waals surface area contributed by atoms with Crippen LogP contribution in [0.5, 0.6) is 0 Å². The normalized spacial score (nSPS) is 16.7. The third kappa shape index (κ3) is 4.89. The van der Waals surface area contributed by atoms with Gasteiger partial charge in [-0.3, -0.25) is 9.59 Å². The number of sulfone groups is 1. The number of hydrogen-bond acceptors (Lipinski definition) is 8. The number of thiophene rings is 2. The highest BCUT2D eigenvalue weighted by Gasteiger charge is 2.32. The number of carbonyl (C=O) groups excluding carboxylic acids is 3. The number of carbonyl (C=O) groups is 3. The van der Waals surface area contributed by atoms with Gasteiger partial charge in [-0.2, -0.15) is 0 Å². The molecule has 2 aromatic rings. The molecule has 32 heavy (non-hydrogen) atoms. The molecule has 0 spiro atoms. The Labute approximate surface area is 194 Å². The van der Waals surface area contributed by atoms with Crippen molar-refractivity contribution in [2.75, 3.05) is 24.2 Å². The van der Waals surface area contributed by atoms with Crippen molar-refractivity contribution in [3.63, 3.8) is 0 Å². The molecule has 2 aliphatic heterocycles. The van der Waals surface area contributed by atoms with Gasteiger partial charge in [0.25, 0.3) is 0 Å². The first kappa shape index (κ1) is 22.9. The quantitative estimate of drug-likeness (QED) is 0.616. The van der Waals surface area contributed by atoms with Crippen LogP contribution in [0.15, 0.2) is 11.4 Å². The Kier molecular flexibility index (Phi) is 6.68. The van der Waals surface area contributed by atoms with Gasteiger partial charge in [-0.25, -0.2) is 13.2 Å². The van der Waals surface area contributed by atoms with E-state index in [1.165, 1.54) is 4.88 Å². The molecule has 1 N–H and O–H groups in total. The zero-order valence-corrected chi connectivity index (χ0v) is 20.1. The van der Waals surface area contributed by atoms with Crippen LogP contribution in [-0.4, -0.2) is 50.0 Å². The Morgan fingerprint density at radius 2 is 2.00 bits per heavy atom. The predicted octanol–water partition coefficient (Wildman–Crippen LogP) is 2.76. The van der Waals surface area contributed by atoms with Crippen LogP contribution in [0.25, 0.3) is 0 Å². The van der Waals surface area contributed by atoms with Gasteiger partial charge in [0.15, 0.2) is 9.84 Å². The molecule has 0 radical (unpaired) electrons. The van der Waals surface area contributed by atoms with Crippen molar-refractivity contribution in [1.82, 2.24) is 4.90 Å². The smallest absolute Gasteiger partial charge is 0.341 e. The Hall–Kier alpha value is -2.24. The maximum Gasteiger partial charge on any atom is 0.341 e. The minimum atomic E-state index is -3.22. The van der Waals surface area contributed by atoms with E-state index < -0.39 is 21.7 Å². The third-order valence-electron chi connectivity index (χ3n) is 5.56. The summed E-state index contributed by atoms with van der Waals surface area (Å²) in [6.45, 7) is 3.07. The van der Waals surface area contributed by atoms with E-state index in [1.807, 2.05) is 11.4 Å². The fourth-order valence-electron chi connectivity index (χ4n) is 3.96. The first-order valence-electron chi connectivity index (χ1n) is 10.4. The maximum absolute atomic E-state index is 12.6. The fourth-order valence-corrected chi connectivity index (χ4v) is 7.90. The summed E-state index contributed by atoms with van der Waals surface area (Å²) in [5, 5.41) is 5.04. The lowest BCUT2D eigenvalue weighted by atomic mass is 10.1. The number of ether oxygens (including phenoxy) is 1. The van der Waals surface area contributed by atoms with Gasteiger partial charge in [-0.05, 0) is 42.3 Å². The number of nitrogens with zero attached hydrogens (tertiary/aromatic N) is 1. The fraction of sp³-hybridized carbons (Fsp3) is 0.476. The van der Waals surface area contributed by atoms with Crippen molar-refractivity contribution in [3.05, 3.63) is 37.9 Å². The first-order valence-corrected chi connectivity index (χ1v) is 13.9. The van der Waals surface area contributed by atoms with Crippen molar-refractivity contribution in [1.29, 1.82) is 0 Å². The van der Waals surface area contributed by atoms with Crippen LogP contribution in [0.3, 0.4) is 0 Å². The highest BCUT2D eigenvalue weighted by molar-refractivity contribution is 7.90. The van der Waals surface area contributed by atoms with E-state index in [0.717, 1.165) is 23.3 Å². The summed E-state index contributed by atoms with van der Waals surface area (Å²) < 4.78 is 29.1. The van der Waals surface area contributed by atoms with Gasteiger partial charge in [0.05, 0.1) is 23.7 Å². The number of fused-ring (bicyclic) bond motifs is 2. The molecule has 8 nitrogen and oxygen atoms in total. The van der Waals surface area contributed by atoms with Crippen LogP contribution < -0.4 is 5.32 Å². The van der Waals surface area contributed by atoms with E-state index in [0.29, 0.717) is 28.5 Å². The van der Waals surface area contributed by atoms with Gasteiger partial charge in [-0.15, -0.1) is 22.7 Å². The summed E-state index contributed by atoms with van der Waals surface area (Å²) >= 11 is 2.80. The minimum absolute atomic E-state index is 0.0189. The van der Waals surface area contributed by atoms with Gasteiger partial charge in [0.1, 0.15) is 5.00 Å². The van der Waals surface area contributed by atoms with Crippen LogP contribution in [0.4, 0.5) is 5.00 Å². The van der Waals surface area contributed by atoms with Crippen molar-refractivity contribution in [3.8, 4) is 0 Å². The summed E-state index contributed by atoms with van der Waals surface area (Å²) in [4.78, 5) is 41.3. The Balaban J connectivity index is 1.42. The van der Waals surface area contributed by atoms with Crippen molar-refractivity contribution < 1.29 is 27.5 Å². The highest BCUT2D eigenvalue weighted by Crippen LogP contribution is 2.38. The molecule has 0 fully saturated rings. The molecule has 2 aromatic heterocycles. The van der Waals surface area contributed by atoms with Crippen molar-refractivity contribution >= 4 is 55.3 Å². The molecule has 0 saturated carbocycles. The molecule has 2 amide bonds. The largest absolute Gasteiger partial charge is 0.462 e. The molecule has 0 saturated heterocycles. The van der Waals surface area contributed by atoms with E-state index in [4.69, 9.17) is 4.74 Å². The monoisotopic (exact) mass is 496 g/mol. The van der Waals surface area contributed by atoms with Crippen molar-refractivity contribution in [2.24, 2.45) is 0 Å². The average Bonchev–Trinajstić information content (AvgIpc) is 3.34. The molecule has 172 valence electrons. The van der Waals surface area contributed by atoms with E-state index in [9.17, 15) is 22.8 Å². The summed E-state index contributed by atoms with van der Waals surface area (Å²) in [6, 6.07) is 2.03. The lowest BCUT2D eigenvalue weighted by molar-refractivity contribution is -0.133. The van der Waals surface area contributed by atoms with Gasteiger partial charge in [-0.1, -0.05) is 0 Å². The number of esters is 1. The van der Waals surface area contributed by atoms with Crippen LogP contribution in [0.1, 0.15) is 51.0 Å². The zero-order valence-electron chi connectivity index (χ0n) is 17.6. The zero-order chi connectivity index (χ0) is 22.9. The Morgan fingerprint density at radius 3 is 2.78 bits per heavy atom.